The van der Waals surface area contributed by atoms with E-state index < -0.39 is 17.5 Å². The van der Waals surface area contributed by atoms with E-state index in [1.165, 1.54) is 0 Å². The number of allylic oxidation sites excluding steroid dienone is 1. The molecular formula is C24H33N3O4. The molecule has 0 saturated heterocycles. The molecule has 0 radical (unpaired) electrons. The lowest BCUT2D eigenvalue weighted by atomic mass is 9.95. The molecule has 5 N–H and O–H groups in total. The molecule has 1 saturated carbocycles. The van der Waals surface area contributed by atoms with Crippen LogP contribution in [0.15, 0.2) is 43.1 Å². The number of aliphatic hydroxyl groups is 2. The van der Waals surface area contributed by atoms with Crippen molar-refractivity contribution >= 4 is 22.7 Å². The highest BCUT2D eigenvalue weighted by molar-refractivity contribution is 5.87. The van der Waals surface area contributed by atoms with Crippen LogP contribution in [-0.2, 0) is 16.0 Å². The number of aliphatic hydroxyl groups excluding tert-OH is 2. The van der Waals surface area contributed by atoms with E-state index in [0.29, 0.717) is 12.8 Å². The molecule has 1 aliphatic carbocycles. The number of carbonyl (C=O) groups is 2. The molecule has 1 aliphatic rings. The second-order valence-corrected chi connectivity index (χ2v) is 8.57. The summed E-state index contributed by atoms with van der Waals surface area (Å²) in [6.45, 7) is 3.42. The van der Waals surface area contributed by atoms with E-state index >= 15 is 0 Å². The summed E-state index contributed by atoms with van der Waals surface area (Å²) in [4.78, 5) is 28.7. The first-order chi connectivity index (χ1) is 15.0. The van der Waals surface area contributed by atoms with Crippen molar-refractivity contribution < 1.29 is 19.8 Å². The van der Waals surface area contributed by atoms with Crippen LogP contribution >= 0.6 is 0 Å². The van der Waals surface area contributed by atoms with Gasteiger partial charge in [-0.25, -0.2) is 0 Å². The number of fused-ring (bicyclic) bond motifs is 1. The third-order valence-electron chi connectivity index (χ3n) is 6.23. The smallest absolute Gasteiger partial charge is 0.224 e. The number of benzene rings is 1. The molecule has 1 fully saturated rings. The molecule has 2 amide bonds. The van der Waals surface area contributed by atoms with Crippen LogP contribution in [0.3, 0.4) is 0 Å². The van der Waals surface area contributed by atoms with Gasteiger partial charge in [0.1, 0.15) is 0 Å². The molecule has 168 valence electrons. The molecule has 1 heterocycles. The normalized spacial score (nSPS) is 17.2. The summed E-state index contributed by atoms with van der Waals surface area (Å²) in [5, 5.41) is 26.5. The highest BCUT2D eigenvalue weighted by Gasteiger charge is 2.35. The number of hydrogen-bond donors (Lipinski definition) is 5. The van der Waals surface area contributed by atoms with Gasteiger partial charge in [0.15, 0.2) is 0 Å². The Balaban J connectivity index is 1.61. The number of nitrogens with one attached hydrogen (secondary N) is 3. The number of carbonyl (C=O) groups excluding carboxylic acids is 2. The summed E-state index contributed by atoms with van der Waals surface area (Å²) >= 11 is 0. The van der Waals surface area contributed by atoms with Gasteiger partial charge >= 0.3 is 0 Å². The predicted molar refractivity (Wildman–Crippen MR) is 120 cm³/mol. The lowest BCUT2D eigenvalue weighted by Gasteiger charge is -2.29. The van der Waals surface area contributed by atoms with Crippen LogP contribution in [0.4, 0.5) is 0 Å². The van der Waals surface area contributed by atoms with Crippen molar-refractivity contribution in [2.45, 2.75) is 56.5 Å². The molecule has 7 heteroatoms. The maximum Gasteiger partial charge on any atom is 0.224 e. The second kappa shape index (κ2) is 10.6. The first-order valence-electron chi connectivity index (χ1n) is 11.0. The molecule has 31 heavy (non-hydrogen) atoms. The molecule has 2 atom stereocenters. The average Bonchev–Trinajstić information content (AvgIpc) is 3.40. The number of amides is 2. The Bertz CT molecular complexity index is 901. The van der Waals surface area contributed by atoms with Gasteiger partial charge in [-0.1, -0.05) is 37.1 Å². The second-order valence-electron chi connectivity index (χ2n) is 8.57. The zero-order valence-corrected chi connectivity index (χ0v) is 17.9. The van der Waals surface area contributed by atoms with Crippen molar-refractivity contribution in [1.29, 1.82) is 0 Å². The van der Waals surface area contributed by atoms with Gasteiger partial charge in [0.2, 0.25) is 11.8 Å². The SMILES string of the molecule is C=CCC(CC(=O)NC1(CO)CCCC1)C(=O)NC(CO)Cc1c[nH]c2ccccc12. The Kier molecular flexibility index (Phi) is 7.87. The van der Waals surface area contributed by atoms with E-state index in [-0.39, 0.29) is 31.4 Å². The Hall–Kier alpha value is -2.64. The number of rotatable bonds is 11. The van der Waals surface area contributed by atoms with Gasteiger partial charge in [0.05, 0.1) is 30.7 Å². The van der Waals surface area contributed by atoms with E-state index in [1.807, 2.05) is 30.5 Å². The van der Waals surface area contributed by atoms with Gasteiger partial charge in [-0.3, -0.25) is 9.59 Å². The fourth-order valence-electron chi connectivity index (χ4n) is 4.48. The van der Waals surface area contributed by atoms with Crippen LogP contribution in [0.2, 0.25) is 0 Å². The highest BCUT2D eigenvalue weighted by atomic mass is 16.3. The average molecular weight is 428 g/mol. The topological polar surface area (TPSA) is 114 Å². The summed E-state index contributed by atoms with van der Waals surface area (Å²) in [5.74, 6) is -1.10. The van der Waals surface area contributed by atoms with Gasteiger partial charge in [0.25, 0.3) is 0 Å². The number of hydrogen-bond acceptors (Lipinski definition) is 4. The van der Waals surface area contributed by atoms with Crippen molar-refractivity contribution in [2.75, 3.05) is 13.2 Å². The minimum absolute atomic E-state index is 0.0187. The third kappa shape index (κ3) is 5.74. The number of aromatic amines is 1. The van der Waals surface area contributed by atoms with Gasteiger partial charge < -0.3 is 25.8 Å². The van der Waals surface area contributed by atoms with Crippen molar-refractivity contribution in [3.05, 3.63) is 48.7 Å². The molecule has 1 aromatic heterocycles. The quantitative estimate of drug-likeness (QED) is 0.354. The van der Waals surface area contributed by atoms with E-state index in [9.17, 15) is 19.8 Å². The molecule has 0 aliphatic heterocycles. The lowest BCUT2D eigenvalue weighted by molar-refractivity contribution is -0.132. The molecule has 3 rings (SSSR count). The van der Waals surface area contributed by atoms with E-state index in [2.05, 4.69) is 22.2 Å². The number of aromatic nitrogens is 1. The van der Waals surface area contributed by atoms with Gasteiger partial charge in [-0.05, 0) is 37.3 Å². The molecule has 1 aromatic carbocycles. The third-order valence-corrected chi connectivity index (χ3v) is 6.23. The Morgan fingerprint density at radius 1 is 1.23 bits per heavy atom. The summed E-state index contributed by atoms with van der Waals surface area (Å²) < 4.78 is 0. The van der Waals surface area contributed by atoms with Gasteiger partial charge in [-0.15, -0.1) is 6.58 Å². The maximum absolute atomic E-state index is 12.9. The zero-order valence-electron chi connectivity index (χ0n) is 17.9. The largest absolute Gasteiger partial charge is 0.394 e. The molecule has 2 aromatic rings. The Morgan fingerprint density at radius 3 is 2.65 bits per heavy atom. The number of H-pyrrole nitrogens is 1. The Labute approximate surface area is 182 Å². The summed E-state index contributed by atoms with van der Waals surface area (Å²) in [6, 6.07) is 7.43. The lowest BCUT2D eigenvalue weighted by Crippen LogP contribution is -2.50. The monoisotopic (exact) mass is 427 g/mol. The summed E-state index contributed by atoms with van der Waals surface area (Å²) in [5.41, 5.74) is 1.46. The first-order valence-corrected chi connectivity index (χ1v) is 11.0. The molecule has 0 bridgehead atoms. The van der Waals surface area contributed by atoms with E-state index in [1.54, 1.807) is 6.08 Å². The summed E-state index contributed by atoms with van der Waals surface area (Å²) in [6.07, 6.45) is 7.84. The van der Waals surface area contributed by atoms with Crippen LogP contribution in [0, 0.1) is 5.92 Å². The van der Waals surface area contributed by atoms with Crippen molar-refractivity contribution in [3.8, 4) is 0 Å². The van der Waals surface area contributed by atoms with Crippen molar-refractivity contribution in [2.24, 2.45) is 5.92 Å². The maximum atomic E-state index is 12.9. The molecule has 2 unspecified atom stereocenters. The van der Waals surface area contributed by atoms with Crippen LogP contribution in [0.25, 0.3) is 10.9 Å². The molecular weight excluding hydrogens is 394 g/mol. The van der Waals surface area contributed by atoms with Crippen LogP contribution < -0.4 is 10.6 Å². The van der Waals surface area contributed by atoms with Crippen molar-refractivity contribution in [3.63, 3.8) is 0 Å². The van der Waals surface area contributed by atoms with Gasteiger partial charge in [-0.2, -0.15) is 0 Å². The molecule has 0 spiro atoms. The molecule has 7 nitrogen and oxygen atoms in total. The first kappa shape index (κ1) is 23.0. The Morgan fingerprint density at radius 2 is 1.97 bits per heavy atom. The highest BCUT2D eigenvalue weighted by Crippen LogP contribution is 2.29. The minimum Gasteiger partial charge on any atom is -0.394 e. The standard InChI is InChI=1S/C24H33N3O4/c1-2-7-17(13-22(30)27-24(16-29)10-5-6-11-24)23(31)26-19(15-28)12-18-14-25-21-9-4-3-8-20(18)21/h2-4,8-9,14,17,19,25,28-29H,1,5-7,10-13,15-16H2,(H,26,31)(H,27,30). The van der Waals surface area contributed by atoms with E-state index in [4.69, 9.17) is 0 Å². The number of para-hydroxylation sites is 1. The minimum atomic E-state index is -0.577. The van der Waals surface area contributed by atoms with Crippen LogP contribution in [0.1, 0.15) is 44.1 Å². The summed E-state index contributed by atoms with van der Waals surface area (Å²) in [7, 11) is 0. The van der Waals surface area contributed by atoms with Gasteiger partial charge in [0, 0.05) is 23.5 Å². The van der Waals surface area contributed by atoms with Crippen molar-refractivity contribution in [1.82, 2.24) is 15.6 Å². The van der Waals surface area contributed by atoms with Crippen LogP contribution in [0.5, 0.6) is 0 Å². The fourth-order valence-corrected chi connectivity index (χ4v) is 4.48. The van der Waals surface area contributed by atoms with E-state index in [0.717, 1.165) is 42.1 Å². The fraction of sp³-hybridized carbons (Fsp3) is 0.500. The zero-order chi connectivity index (χ0) is 22.3. The van der Waals surface area contributed by atoms with Crippen LogP contribution in [-0.4, -0.2) is 51.8 Å². The predicted octanol–water partition coefficient (Wildman–Crippen LogP) is 2.19.